The van der Waals surface area contributed by atoms with Crippen LogP contribution in [0.5, 0.6) is 5.75 Å². The van der Waals surface area contributed by atoms with Crippen LogP contribution >= 0.6 is 0 Å². The summed E-state index contributed by atoms with van der Waals surface area (Å²) in [6.07, 6.45) is 0.576. The van der Waals surface area contributed by atoms with Crippen LogP contribution in [0.4, 0.5) is 5.69 Å². The molecule has 0 radical (unpaired) electrons. The number of carbonyl (C=O) groups is 2. The second-order valence-electron chi connectivity index (χ2n) is 6.11. The van der Waals surface area contributed by atoms with E-state index in [9.17, 15) is 9.59 Å². The molecule has 1 amide bonds. The number of hydrogen-bond acceptors (Lipinski definition) is 5. The van der Waals surface area contributed by atoms with Gasteiger partial charge in [-0.3, -0.25) is 4.79 Å². The zero-order valence-electron chi connectivity index (χ0n) is 15.5. The smallest absolute Gasteiger partial charge is 0.344 e. The van der Waals surface area contributed by atoms with E-state index in [0.29, 0.717) is 5.75 Å². The molecule has 0 unspecified atom stereocenters. The number of nitrogens with one attached hydrogen (secondary N) is 2. The molecule has 27 heavy (non-hydrogen) atoms. The van der Waals surface area contributed by atoms with Gasteiger partial charge in [0.1, 0.15) is 5.75 Å². The highest BCUT2D eigenvalue weighted by molar-refractivity contribution is 5.84. The Morgan fingerprint density at radius 3 is 2.48 bits per heavy atom. The van der Waals surface area contributed by atoms with Crippen LogP contribution in [0.1, 0.15) is 23.6 Å². The van der Waals surface area contributed by atoms with Gasteiger partial charge in [0, 0.05) is 5.69 Å². The molecule has 7 heteroatoms. The Balaban J connectivity index is 1.79. The third-order valence-electron chi connectivity index (χ3n) is 3.90. The summed E-state index contributed by atoms with van der Waals surface area (Å²) in [5.41, 5.74) is 6.42. The molecule has 0 saturated carbocycles. The summed E-state index contributed by atoms with van der Waals surface area (Å²) >= 11 is 0. The monoisotopic (exact) mass is 369 g/mol. The number of hydrazone groups is 1. The maximum Gasteiger partial charge on any atom is 0.344 e. The molecule has 2 aromatic rings. The Bertz CT molecular complexity index is 832. The first-order chi connectivity index (χ1) is 12.8. The molecule has 0 spiro atoms. The summed E-state index contributed by atoms with van der Waals surface area (Å²) in [5, 5.41) is 15.8. The standard InChI is InChI=1S/C20H23N3O4/c1-13-4-7-17(10-14(13)2)21-12-19(24)23-22-11-16-5-8-18(9-6-16)27-15(3)20(25)26/h4-11,15,21H,12H2,1-3H3,(H,23,24)(H,25,26)/b22-11-/t15-/m0/s1. The molecular formula is C20H23N3O4. The topological polar surface area (TPSA) is 100 Å². The second kappa shape index (κ2) is 9.38. The number of hydrogen-bond donors (Lipinski definition) is 3. The highest BCUT2D eigenvalue weighted by Crippen LogP contribution is 2.14. The molecule has 142 valence electrons. The summed E-state index contributed by atoms with van der Waals surface area (Å²) < 4.78 is 5.24. The lowest BCUT2D eigenvalue weighted by Crippen LogP contribution is -2.25. The van der Waals surface area contributed by atoms with Crippen molar-refractivity contribution in [3.05, 3.63) is 59.2 Å². The molecule has 2 aromatic carbocycles. The van der Waals surface area contributed by atoms with Crippen LogP contribution in [-0.4, -0.2) is 35.8 Å². The number of benzene rings is 2. The van der Waals surface area contributed by atoms with Gasteiger partial charge in [0.25, 0.3) is 5.91 Å². The van der Waals surface area contributed by atoms with Gasteiger partial charge in [0.15, 0.2) is 6.10 Å². The van der Waals surface area contributed by atoms with Gasteiger partial charge in [-0.25, -0.2) is 10.2 Å². The number of nitrogens with zero attached hydrogens (tertiary/aromatic N) is 1. The van der Waals surface area contributed by atoms with Gasteiger partial charge in [-0.1, -0.05) is 6.07 Å². The molecular weight excluding hydrogens is 346 g/mol. The predicted molar refractivity (Wildman–Crippen MR) is 104 cm³/mol. The third-order valence-corrected chi connectivity index (χ3v) is 3.90. The van der Waals surface area contributed by atoms with E-state index in [1.807, 2.05) is 32.0 Å². The average molecular weight is 369 g/mol. The first kappa shape index (κ1) is 20.0. The molecule has 0 heterocycles. The van der Waals surface area contributed by atoms with Crippen molar-refractivity contribution in [2.75, 3.05) is 11.9 Å². The highest BCUT2D eigenvalue weighted by Gasteiger charge is 2.11. The number of carboxylic acids is 1. The lowest BCUT2D eigenvalue weighted by molar-refractivity contribution is -0.144. The number of rotatable bonds is 8. The molecule has 0 aromatic heterocycles. The fourth-order valence-corrected chi connectivity index (χ4v) is 2.14. The number of amides is 1. The van der Waals surface area contributed by atoms with Crippen molar-refractivity contribution in [3.8, 4) is 5.75 Å². The summed E-state index contributed by atoms with van der Waals surface area (Å²) in [6, 6.07) is 12.6. The number of ether oxygens (including phenoxy) is 1. The van der Waals surface area contributed by atoms with Crippen molar-refractivity contribution in [3.63, 3.8) is 0 Å². The van der Waals surface area contributed by atoms with Gasteiger partial charge in [-0.2, -0.15) is 5.10 Å². The third kappa shape index (κ3) is 6.47. The Hall–Kier alpha value is -3.35. The summed E-state index contributed by atoms with van der Waals surface area (Å²) in [6.45, 7) is 5.62. The van der Waals surface area contributed by atoms with Crippen LogP contribution < -0.4 is 15.5 Å². The van der Waals surface area contributed by atoms with Crippen molar-refractivity contribution in [1.29, 1.82) is 0 Å². The van der Waals surface area contributed by atoms with Crippen LogP contribution in [0.15, 0.2) is 47.6 Å². The summed E-state index contributed by atoms with van der Waals surface area (Å²) in [5.74, 6) is -0.846. The molecule has 2 rings (SSSR count). The van der Waals surface area contributed by atoms with E-state index in [2.05, 4.69) is 15.8 Å². The predicted octanol–water partition coefficient (Wildman–Crippen LogP) is 2.72. The molecule has 0 saturated heterocycles. The number of aliphatic carboxylic acids is 1. The van der Waals surface area contributed by atoms with Gasteiger partial charge in [0.05, 0.1) is 12.8 Å². The van der Waals surface area contributed by atoms with Crippen LogP contribution in [0, 0.1) is 13.8 Å². The first-order valence-corrected chi connectivity index (χ1v) is 8.47. The Labute approximate surface area is 158 Å². The molecule has 0 aliphatic heterocycles. The van der Waals surface area contributed by atoms with E-state index < -0.39 is 12.1 Å². The van der Waals surface area contributed by atoms with Gasteiger partial charge >= 0.3 is 5.97 Å². The first-order valence-electron chi connectivity index (χ1n) is 8.47. The molecule has 1 atom stereocenters. The van der Waals surface area contributed by atoms with Crippen LogP contribution in [0.3, 0.4) is 0 Å². The quantitative estimate of drug-likeness (QED) is 0.491. The minimum absolute atomic E-state index is 0.111. The van der Waals surface area contributed by atoms with Gasteiger partial charge in [-0.05, 0) is 73.9 Å². The average Bonchev–Trinajstić information content (AvgIpc) is 2.64. The molecule has 7 nitrogen and oxygen atoms in total. The van der Waals surface area contributed by atoms with Gasteiger partial charge < -0.3 is 15.2 Å². The Morgan fingerprint density at radius 2 is 1.85 bits per heavy atom. The van der Waals surface area contributed by atoms with E-state index in [1.54, 1.807) is 24.3 Å². The van der Waals surface area contributed by atoms with Gasteiger partial charge in [-0.15, -0.1) is 0 Å². The summed E-state index contributed by atoms with van der Waals surface area (Å²) in [4.78, 5) is 22.6. The van der Waals surface area contributed by atoms with Crippen molar-refractivity contribution < 1.29 is 19.4 Å². The number of carboxylic acid groups (broad SMARTS) is 1. The van der Waals surface area contributed by atoms with E-state index in [-0.39, 0.29) is 12.5 Å². The number of anilines is 1. The maximum atomic E-state index is 11.8. The second-order valence-corrected chi connectivity index (χ2v) is 6.11. The minimum Gasteiger partial charge on any atom is -0.479 e. The van der Waals surface area contributed by atoms with Crippen LogP contribution in [-0.2, 0) is 9.59 Å². The van der Waals surface area contributed by atoms with Crippen molar-refractivity contribution in [1.82, 2.24) is 5.43 Å². The molecule has 0 bridgehead atoms. The van der Waals surface area contributed by atoms with Crippen molar-refractivity contribution >= 4 is 23.8 Å². The molecule has 3 N–H and O–H groups in total. The summed E-state index contributed by atoms with van der Waals surface area (Å²) in [7, 11) is 0. The zero-order valence-corrected chi connectivity index (χ0v) is 15.5. The minimum atomic E-state index is -1.03. The largest absolute Gasteiger partial charge is 0.479 e. The van der Waals surface area contributed by atoms with Crippen LogP contribution in [0.25, 0.3) is 0 Å². The Kier molecular flexibility index (Phi) is 6.93. The highest BCUT2D eigenvalue weighted by atomic mass is 16.5. The Morgan fingerprint density at radius 1 is 1.15 bits per heavy atom. The van der Waals surface area contributed by atoms with Gasteiger partial charge in [0.2, 0.25) is 0 Å². The van der Waals surface area contributed by atoms with E-state index in [1.165, 1.54) is 18.7 Å². The molecule has 0 fully saturated rings. The molecule has 0 aliphatic rings. The van der Waals surface area contributed by atoms with E-state index in [4.69, 9.17) is 9.84 Å². The lowest BCUT2D eigenvalue weighted by Gasteiger charge is -2.10. The normalized spacial score (nSPS) is 11.8. The fourth-order valence-electron chi connectivity index (χ4n) is 2.14. The number of aryl methyl sites for hydroxylation is 2. The van der Waals surface area contributed by atoms with E-state index in [0.717, 1.165) is 16.8 Å². The van der Waals surface area contributed by atoms with E-state index >= 15 is 0 Å². The maximum absolute atomic E-state index is 11.8. The SMILES string of the molecule is Cc1ccc(NCC(=O)N/N=C\c2ccc(O[C@@H](C)C(=O)O)cc2)cc1C. The lowest BCUT2D eigenvalue weighted by atomic mass is 10.1. The van der Waals surface area contributed by atoms with Crippen molar-refractivity contribution in [2.24, 2.45) is 5.10 Å². The fraction of sp³-hybridized carbons (Fsp3) is 0.250. The zero-order chi connectivity index (χ0) is 19.8. The molecule has 0 aliphatic carbocycles. The van der Waals surface area contributed by atoms with Crippen molar-refractivity contribution in [2.45, 2.75) is 26.9 Å². The number of carbonyl (C=O) groups excluding carboxylic acids is 1. The van der Waals surface area contributed by atoms with Crippen LogP contribution in [0.2, 0.25) is 0 Å².